The van der Waals surface area contributed by atoms with Crippen LogP contribution in [0.5, 0.6) is 0 Å². The van der Waals surface area contributed by atoms with E-state index in [0.29, 0.717) is 5.92 Å². The summed E-state index contributed by atoms with van der Waals surface area (Å²) in [6.07, 6.45) is 2.34. The van der Waals surface area contributed by atoms with Crippen molar-refractivity contribution in [1.29, 1.82) is 0 Å². The Hall–Kier alpha value is -1.35. The first-order valence-electron chi connectivity index (χ1n) is 7.11. The van der Waals surface area contributed by atoms with E-state index in [1.165, 1.54) is 18.4 Å². The molecule has 3 nitrogen and oxygen atoms in total. The summed E-state index contributed by atoms with van der Waals surface area (Å²) in [5.41, 5.74) is 3.11. The van der Waals surface area contributed by atoms with Crippen molar-refractivity contribution in [3.05, 3.63) is 34.9 Å². The monoisotopic (exact) mass is 260 g/mol. The lowest BCUT2D eigenvalue weighted by Crippen LogP contribution is -2.37. The third kappa shape index (κ3) is 3.57. The molecule has 1 aromatic rings. The van der Waals surface area contributed by atoms with Gasteiger partial charge < -0.3 is 10.2 Å². The van der Waals surface area contributed by atoms with Gasteiger partial charge in [-0.3, -0.25) is 4.79 Å². The van der Waals surface area contributed by atoms with Crippen molar-refractivity contribution in [2.45, 2.75) is 26.7 Å². The minimum Gasteiger partial charge on any atom is -0.341 e. The van der Waals surface area contributed by atoms with Gasteiger partial charge in [-0.25, -0.2) is 0 Å². The van der Waals surface area contributed by atoms with Crippen molar-refractivity contribution in [2.24, 2.45) is 5.92 Å². The molecule has 1 fully saturated rings. The van der Waals surface area contributed by atoms with Crippen LogP contribution in [-0.4, -0.2) is 37.5 Å². The van der Waals surface area contributed by atoms with Crippen LogP contribution in [0.1, 0.15) is 34.3 Å². The van der Waals surface area contributed by atoms with Crippen LogP contribution in [-0.2, 0) is 0 Å². The smallest absolute Gasteiger partial charge is 0.253 e. The summed E-state index contributed by atoms with van der Waals surface area (Å²) in [5.74, 6) is 0.789. The van der Waals surface area contributed by atoms with E-state index in [2.05, 4.69) is 18.3 Å². The topological polar surface area (TPSA) is 32.3 Å². The summed E-state index contributed by atoms with van der Waals surface area (Å²) in [6.45, 7) is 7.10. The molecule has 1 aliphatic rings. The largest absolute Gasteiger partial charge is 0.341 e. The van der Waals surface area contributed by atoms with E-state index in [-0.39, 0.29) is 5.91 Å². The van der Waals surface area contributed by atoms with Gasteiger partial charge in [0, 0.05) is 19.2 Å². The summed E-state index contributed by atoms with van der Waals surface area (Å²) in [6, 6.07) is 6.04. The summed E-state index contributed by atoms with van der Waals surface area (Å²) in [4.78, 5) is 14.3. The molecule has 1 aromatic carbocycles. The maximum atomic E-state index is 12.5. The molecular weight excluding hydrogens is 236 g/mol. The van der Waals surface area contributed by atoms with Gasteiger partial charge in [-0.05, 0) is 57.3 Å². The molecule has 0 bridgehead atoms. The standard InChI is InChI=1S/C16H24N2O/c1-12-4-5-15(13(2)10-12)16(19)18(3)11-14-6-8-17-9-7-14/h4-5,10,14,17H,6-9,11H2,1-3H3. The number of hydrogen-bond donors (Lipinski definition) is 1. The second kappa shape index (κ2) is 6.20. The normalized spacial score (nSPS) is 16.4. The van der Waals surface area contributed by atoms with E-state index >= 15 is 0 Å². The third-order valence-corrected chi connectivity index (χ3v) is 3.95. The third-order valence-electron chi connectivity index (χ3n) is 3.95. The van der Waals surface area contributed by atoms with Gasteiger partial charge in [-0.15, -0.1) is 0 Å². The molecule has 0 spiro atoms. The van der Waals surface area contributed by atoms with Crippen LogP contribution in [0.4, 0.5) is 0 Å². The Morgan fingerprint density at radius 1 is 1.32 bits per heavy atom. The lowest BCUT2D eigenvalue weighted by molar-refractivity contribution is 0.0762. The van der Waals surface area contributed by atoms with Crippen molar-refractivity contribution in [1.82, 2.24) is 10.2 Å². The van der Waals surface area contributed by atoms with Crippen molar-refractivity contribution in [3.8, 4) is 0 Å². The fraction of sp³-hybridized carbons (Fsp3) is 0.562. The van der Waals surface area contributed by atoms with Crippen LogP contribution in [0.15, 0.2) is 18.2 Å². The highest BCUT2D eigenvalue weighted by Crippen LogP contribution is 2.16. The molecule has 0 aliphatic carbocycles. The number of nitrogens with one attached hydrogen (secondary N) is 1. The number of nitrogens with zero attached hydrogens (tertiary/aromatic N) is 1. The number of aryl methyl sites for hydroxylation is 2. The predicted octanol–water partition coefficient (Wildman–Crippen LogP) is 2.38. The molecule has 104 valence electrons. The minimum atomic E-state index is 0.149. The molecule has 0 unspecified atom stereocenters. The lowest BCUT2D eigenvalue weighted by Gasteiger charge is -2.28. The highest BCUT2D eigenvalue weighted by atomic mass is 16.2. The minimum absolute atomic E-state index is 0.149. The first kappa shape index (κ1) is 14.1. The maximum absolute atomic E-state index is 12.5. The van der Waals surface area contributed by atoms with Crippen molar-refractivity contribution in [2.75, 3.05) is 26.7 Å². The Kier molecular flexibility index (Phi) is 4.59. The number of rotatable bonds is 3. The summed E-state index contributed by atoms with van der Waals surface area (Å²) < 4.78 is 0. The zero-order valence-electron chi connectivity index (χ0n) is 12.2. The number of carbonyl (C=O) groups is 1. The summed E-state index contributed by atoms with van der Waals surface area (Å²) in [5, 5.41) is 3.36. The Morgan fingerprint density at radius 2 is 2.00 bits per heavy atom. The molecule has 1 saturated heterocycles. The second-order valence-corrected chi connectivity index (χ2v) is 5.70. The Balaban J connectivity index is 2.01. The zero-order chi connectivity index (χ0) is 13.8. The maximum Gasteiger partial charge on any atom is 0.253 e. The lowest BCUT2D eigenvalue weighted by atomic mass is 9.97. The van der Waals surface area contributed by atoms with Crippen LogP contribution < -0.4 is 5.32 Å². The van der Waals surface area contributed by atoms with Gasteiger partial charge in [0.25, 0.3) is 5.91 Å². The first-order chi connectivity index (χ1) is 9.08. The summed E-state index contributed by atoms with van der Waals surface area (Å²) in [7, 11) is 1.92. The molecule has 0 saturated carbocycles. The number of carbonyl (C=O) groups excluding carboxylic acids is 1. The molecule has 0 radical (unpaired) electrons. The first-order valence-corrected chi connectivity index (χ1v) is 7.11. The van der Waals surface area contributed by atoms with Gasteiger partial charge in [0.15, 0.2) is 0 Å². The highest BCUT2D eigenvalue weighted by Gasteiger charge is 2.19. The Labute approximate surface area is 116 Å². The van der Waals surface area contributed by atoms with Crippen molar-refractivity contribution in [3.63, 3.8) is 0 Å². The van der Waals surface area contributed by atoms with Gasteiger partial charge in [0.05, 0.1) is 0 Å². The fourth-order valence-corrected chi connectivity index (χ4v) is 2.79. The zero-order valence-corrected chi connectivity index (χ0v) is 12.2. The molecule has 0 atom stereocenters. The van der Waals surface area contributed by atoms with E-state index in [1.54, 1.807) is 0 Å². The van der Waals surface area contributed by atoms with Crippen molar-refractivity contribution >= 4 is 5.91 Å². The van der Waals surface area contributed by atoms with Crippen LogP contribution in [0.25, 0.3) is 0 Å². The quantitative estimate of drug-likeness (QED) is 0.905. The van der Waals surface area contributed by atoms with E-state index in [1.807, 2.05) is 31.0 Å². The van der Waals surface area contributed by atoms with E-state index in [4.69, 9.17) is 0 Å². The van der Waals surface area contributed by atoms with Gasteiger partial charge in [-0.2, -0.15) is 0 Å². The Bertz CT molecular complexity index is 450. The number of benzene rings is 1. The average Bonchev–Trinajstić information content (AvgIpc) is 2.39. The second-order valence-electron chi connectivity index (χ2n) is 5.70. The van der Waals surface area contributed by atoms with Gasteiger partial charge in [0.2, 0.25) is 0 Å². The number of hydrogen-bond acceptors (Lipinski definition) is 2. The van der Waals surface area contributed by atoms with E-state index in [9.17, 15) is 4.79 Å². The predicted molar refractivity (Wildman–Crippen MR) is 78.5 cm³/mol. The molecule has 3 heteroatoms. The van der Waals surface area contributed by atoms with Crippen LogP contribution in [0.2, 0.25) is 0 Å². The molecular formula is C16H24N2O. The van der Waals surface area contributed by atoms with Crippen LogP contribution in [0.3, 0.4) is 0 Å². The number of amides is 1. The Morgan fingerprint density at radius 3 is 2.63 bits per heavy atom. The van der Waals surface area contributed by atoms with Crippen LogP contribution in [0, 0.1) is 19.8 Å². The molecule has 1 N–H and O–H groups in total. The molecule has 2 rings (SSSR count). The molecule has 1 heterocycles. The SMILES string of the molecule is Cc1ccc(C(=O)N(C)CC2CCNCC2)c(C)c1. The van der Waals surface area contributed by atoms with Gasteiger partial charge in [0.1, 0.15) is 0 Å². The van der Waals surface area contributed by atoms with E-state index in [0.717, 1.165) is 30.8 Å². The average molecular weight is 260 g/mol. The van der Waals surface area contributed by atoms with Gasteiger partial charge in [-0.1, -0.05) is 17.7 Å². The molecule has 0 aromatic heterocycles. The number of piperidine rings is 1. The van der Waals surface area contributed by atoms with Crippen molar-refractivity contribution < 1.29 is 4.79 Å². The van der Waals surface area contributed by atoms with Crippen LogP contribution >= 0.6 is 0 Å². The summed E-state index contributed by atoms with van der Waals surface area (Å²) >= 11 is 0. The molecule has 1 amide bonds. The molecule has 1 aliphatic heterocycles. The van der Waals surface area contributed by atoms with Gasteiger partial charge >= 0.3 is 0 Å². The molecule has 19 heavy (non-hydrogen) atoms. The van der Waals surface area contributed by atoms with E-state index < -0.39 is 0 Å². The fourth-order valence-electron chi connectivity index (χ4n) is 2.79. The highest BCUT2D eigenvalue weighted by molar-refractivity contribution is 5.95.